The SMILES string of the molecule is CNC(=O)C(C)CN(C)c1nc(C)cc(C(=O)O)n1. The van der Waals surface area contributed by atoms with E-state index in [4.69, 9.17) is 5.11 Å². The number of carbonyl (C=O) groups is 2. The van der Waals surface area contributed by atoms with Crippen LogP contribution in [0.15, 0.2) is 6.07 Å². The maximum absolute atomic E-state index is 11.4. The lowest BCUT2D eigenvalue weighted by atomic mass is 10.1. The van der Waals surface area contributed by atoms with Gasteiger partial charge in [-0.05, 0) is 13.0 Å². The van der Waals surface area contributed by atoms with Crippen LogP contribution in [0.5, 0.6) is 0 Å². The van der Waals surface area contributed by atoms with E-state index in [1.807, 2.05) is 0 Å². The molecule has 0 aliphatic carbocycles. The number of nitrogens with one attached hydrogen (secondary N) is 1. The van der Waals surface area contributed by atoms with Crippen LogP contribution in [0, 0.1) is 12.8 Å². The molecule has 2 N–H and O–H groups in total. The Morgan fingerprint density at radius 1 is 1.47 bits per heavy atom. The van der Waals surface area contributed by atoms with Gasteiger partial charge in [-0.1, -0.05) is 6.92 Å². The van der Waals surface area contributed by atoms with Gasteiger partial charge >= 0.3 is 5.97 Å². The molecular formula is C12H18N4O3. The van der Waals surface area contributed by atoms with Gasteiger partial charge in [-0.3, -0.25) is 4.79 Å². The standard InChI is InChI=1S/C12H18N4O3/c1-7(10(17)13-3)6-16(4)12-14-8(2)5-9(15-12)11(18)19/h5,7H,6H2,1-4H3,(H,13,17)(H,18,19). The normalized spacial score (nSPS) is 11.8. The highest BCUT2D eigenvalue weighted by Crippen LogP contribution is 2.11. The van der Waals surface area contributed by atoms with Crippen LogP contribution in [0.2, 0.25) is 0 Å². The predicted octanol–water partition coefficient (Wildman–Crippen LogP) is 0.302. The Kier molecular flexibility index (Phi) is 4.80. The molecule has 0 spiro atoms. The summed E-state index contributed by atoms with van der Waals surface area (Å²) in [5.74, 6) is -1.13. The fourth-order valence-electron chi connectivity index (χ4n) is 1.65. The molecule has 1 aromatic rings. The van der Waals surface area contributed by atoms with Gasteiger partial charge in [0.1, 0.15) is 0 Å². The Morgan fingerprint density at radius 3 is 2.63 bits per heavy atom. The minimum Gasteiger partial charge on any atom is -0.477 e. The number of carboxylic acid groups (broad SMARTS) is 1. The van der Waals surface area contributed by atoms with Crippen LogP contribution in [-0.2, 0) is 4.79 Å². The van der Waals surface area contributed by atoms with Crippen LogP contribution in [0.25, 0.3) is 0 Å². The molecule has 0 aliphatic heterocycles. The van der Waals surface area contributed by atoms with Crippen LogP contribution < -0.4 is 10.2 Å². The number of amides is 1. The Bertz CT molecular complexity index is 490. The third-order valence-corrected chi connectivity index (χ3v) is 2.64. The average Bonchev–Trinajstić information content (AvgIpc) is 2.36. The van der Waals surface area contributed by atoms with Crippen molar-refractivity contribution in [3.8, 4) is 0 Å². The maximum atomic E-state index is 11.4. The van der Waals surface area contributed by atoms with Crippen molar-refractivity contribution in [2.45, 2.75) is 13.8 Å². The van der Waals surface area contributed by atoms with Gasteiger partial charge in [0.05, 0.1) is 5.92 Å². The van der Waals surface area contributed by atoms with Crippen molar-refractivity contribution in [3.63, 3.8) is 0 Å². The summed E-state index contributed by atoms with van der Waals surface area (Å²) < 4.78 is 0. The molecule has 0 fully saturated rings. The topological polar surface area (TPSA) is 95.4 Å². The molecule has 1 rings (SSSR count). The second-order valence-electron chi connectivity index (χ2n) is 4.40. The number of aryl methyl sites for hydroxylation is 1. The van der Waals surface area contributed by atoms with E-state index < -0.39 is 5.97 Å². The highest BCUT2D eigenvalue weighted by atomic mass is 16.4. The number of aromatic nitrogens is 2. The molecular weight excluding hydrogens is 248 g/mol. The van der Waals surface area contributed by atoms with E-state index >= 15 is 0 Å². The van der Waals surface area contributed by atoms with E-state index in [0.29, 0.717) is 18.2 Å². The van der Waals surface area contributed by atoms with E-state index in [0.717, 1.165) is 0 Å². The summed E-state index contributed by atoms with van der Waals surface area (Å²) in [6, 6.07) is 1.40. The summed E-state index contributed by atoms with van der Waals surface area (Å²) in [5, 5.41) is 11.5. The van der Waals surface area contributed by atoms with E-state index in [1.165, 1.54) is 6.07 Å². The average molecular weight is 266 g/mol. The number of hydrogen-bond donors (Lipinski definition) is 2. The molecule has 0 saturated carbocycles. The third-order valence-electron chi connectivity index (χ3n) is 2.64. The second kappa shape index (κ2) is 6.12. The quantitative estimate of drug-likeness (QED) is 0.796. The minimum absolute atomic E-state index is 0.0538. The van der Waals surface area contributed by atoms with E-state index in [2.05, 4.69) is 15.3 Å². The predicted molar refractivity (Wildman–Crippen MR) is 70.2 cm³/mol. The molecule has 19 heavy (non-hydrogen) atoms. The second-order valence-corrected chi connectivity index (χ2v) is 4.40. The summed E-state index contributed by atoms with van der Waals surface area (Å²) in [6.07, 6.45) is 0. The van der Waals surface area contributed by atoms with Gasteiger partial charge in [0, 0.05) is 26.3 Å². The molecule has 7 nitrogen and oxygen atoms in total. The van der Waals surface area contributed by atoms with Gasteiger partial charge in [-0.25, -0.2) is 14.8 Å². The van der Waals surface area contributed by atoms with Gasteiger partial charge in [0.25, 0.3) is 0 Å². The van der Waals surface area contributed by atoms with Crippen molar-refractivity contribution in [3.05, 3.63) is 17.5 Å². The molecule has 1 aromatic heterocycles. The van der Waals surface area contributed by atoms with Crippen LogP contribution in [0.4, 0.5) is 5.95 Å². The molecule has 1 heterocycles. The van der Waals surface area contributed by atoms with Gasteiger partial charge < -0.3 is 15.3 Å². The first kappa shape index (κ1) is 14.9. The Morgan fingerprint density at radius 2 is 2.11 bits per heavy atom. The van der Waals surface area contributed by atoms with Crippen LogP contribution >= 0.6 is 0 Å². The lowest BCUT2D eigenvalue weighted by molar-refractivity contribution is -0.123. The van der Waals surface area contributed by atoms with Crippen molar-refractivity contribution >= 4 is 17.8 Å². The monoisotopic (exact) mass is 266 g/mol. The van der Waals surface area contributed by atoms with Crippen molar-refractivity contribution in [1.29, 1.82) is 0 Å². The molecule has 0 radical (unpaired) electrons. The number of hydrogen-bond acceptors (Lipinski definition) is 5. The van der Waals surface area contributed by atoms with Crippen LogP contribution in [0.1, 0.15) is 23.1 Å². The highest BCUT2D eigenvalue weighted by molar-refractivity contribution is 5.85. The minimum atomic E-state index is -1.10. The summed E-state index contributed by atoms with van der Waals surface area (Å²) in [5.41, 5.74) is 0.517. The highest BCUT2D eigenvalue weighted by Gasteiger charge is 2.17. The molecule has 0 bridgehead atoms. The first-order valence-corrected chi connectivity index (χ1v) is 5.86. The lowest BCUT2D eigenvalue weighted by Gasteiger charge is -2.21. The van der Waals surface area contributed by atoms with Crippen molar-refractivity contribution in [1.82, 2.24) is 15.3 Å². The molecule has 0 aliphatic rings. The van der Waals surface area contributed by atoms with Crippen molar-refractivity contribution in [2.75, 3.05) is 25.5 Å². The number of carboxylic acids is 1. The third kappa shape index (κ3) is 3.90. The largest absolute Gasteiger partial charge is 0.477 e. The van der Waals surface area contributed by atoms with E-state index in [-0.39, 0.29) is 17.5 Å². The maximum Gasteiger partial charge on any atom is 0.354 e. The molecule has 1 atom stereocenters. The van der Waals surface area contributed by atoms with Gasteiger partial charge in [-0.15, -0.1) is 0 Å². The smallest absolute Gasteiger partial charge is 0.354 e. The van der Waals surface area contributed by atoms with Gasteiger partial charge in [-0.2, -0.15) is 0 Å². The van der Waals surface area contributed by atoms with E-state index in [1.54, 1.807) is 32.8 Å². The summed E-state index contributed by atoms with van der Waals surface area (Å²) in [4.78, 5) is 32.2. The van der Waals surface area contributed by atoms with Crippen LogP contribution in [0.3, 0.4) is 0 Å². The number of rotatable bonds is 5. The number of anilines is 1. The first-order valence-electron chi connectivity index (χ1n) is 5.86. The van der Waals surface area contributed by atoms with Gasteiger partial charge in [0.2, 0.25) is 11.9 Å². The molecule has 0 aromatic carbocycles. The van der Waals surface area contributed by atoms with Crippen molar-refractivity contribution < 1.29 is 14.7 Å². The summed E-state index contributed by atoms with van der Waals surface area (Å²) in [7, 11) is 3.30. The lowest BCUT2D eigenvalue weighted by Crippen LogP contribution is -2.35. The van der Waals surface area contributed by atoms with E-state index in [9.17, 15) is 9.59 Å². The molecule has 104 valence electrons. The molecule has 0 saturated heterocycles. The Labute approximate surface area is 111 Å². The summed E-state index contributed by atoms with van der Waals surface area (Å²) in [6.45, 7) is 3.89. The number of aromatic carboxylic acids is 1. The first-order chi connectivity index (χ1) is 8.85. The fraction of sp³-hybridized carbons (Fsp3) is 0.500. The molecule has 7 heteroatoms. The Hall–Kier alpha value is -2.18. The fourth-order valence-corrected chi connectivity index (χ4v) is 1.65. The van der Waals surface area contributed by atoms with Crippen LogP contribution in [-0.4, -0.2) is 47.6 Å². The molecule has 1 unspecified atom stereocenters. The number of carbonyl (C=O) groups excluding carboxylic acids is 1. The Balaban J connectivity index is 2.90. The molecule has 1 amide bonds. The van der Waals surface area contributed by atoms with Crippen molar-refractivity contribution in [2.24, 2.45) is 5.92 Å². The zero-order chi connectivity index (χ0) is 14.6. The summed E-state index contributed by atoms with van der Waals surface area (Å²) >= 11 is 0. The zero-order valence-electron chi connectivity index (χ0n) is 11.5. The zero-order valence-corrected chi connectivity index (χ0v) is 11.5. The number of nitrogens with zero attached hydrogens (tertiary/aromatic N) is 3. The van der Waals surface area contributed by atoms with Gasteiger partial charge in [0.15, 0.2) is 5.69 Å².